The molecule has 2 heterocycles. The predicted octanol–water partition coefficient (Wildman–Crippen LogP) is 9.63. The Balaban J connectivity index is 1.42. The van der Waals surface area contributed by atoms with Gasteiger partial charge in [-0.1, -0.05) is 126 Å². The quantitative estimate of drug-likeness (QED) is 0.189. The molecule has 0 saturated heterocycles. The van der Waals surface area contributed by atoms with E-state index in [0.29, 0.717) is 0 Å². The molecular weight excluding hydrogens is 561 g/mol. The molecule has 0 spiro atoms. The van der Waals surface area contributed by atoms with Crippen molar-refractivity contribution in [3.63, 3.8) is 0 Å². The molecule has 0 atom stereocenters. The zero-order valence-corrected chi connectivity index (χ0v) is 27.4. The summed E-state index contributed by atoms with van der Waals surface area (Å²) in [7, 11) is 0. The molecule has 3 nitrogen and oxygen atoms in total. The van der Waals surface area contributed by atoms with E-state index in [1.54, 1.807) is 0 Å². The molecule has 46 heavy (non-hydrogen) atoms. The van der Waals surface area contributed by atoms with E-state index < -0.39 is 0 Å². The van der Waals surface area contributed by atoms with Crippen molar-refractivity contribution in [3.8, 4) is 23.0 Å². The van der Waals surface area contributed by atoms with Gasteiger partial charge in [0.1, 0.15) is 23.0 Å². The van der Waals surface area contributed by atoms with Crippen LogP contribution in [0, 0.1) is 0 Å². The van der Waals surface area contributed by atoms with Gasteiger partial charge in [0.05, 0.1) is 11.4 Å². The summed E-state index contributed by atoms with van der Waals surface area (Å²) in [4.78, 5) is 2.41. The lowest BCUT2D eigenvalue weighted by Gasteiger charge is -2.36. The Morgan fingerprint density at radius 3 is 1.67 bits per heavy atom. The lowest BCUT2D eigenvalue weighted by molar-refractivity contribution is 0.465. The number of para-hydroxylation sites is 2. The first-order valence-corrected chi connectivity index (χ1v) is 16.2. The van der Waals surface area contributed by atoms with E-state index in [2.05, 4.69) is 168 Å². The number of hydrogen-bond acceptors (Lipinski definition) is 3. The minimum absolute atomic E-state index is 0.0381. The van der Waals surface area contributed by atoms with Gasteiger partial charge in [0, 0.05) is 28.7 Å². The van der Waals surface area contributed by atoms with Crippen LogP contribution in [0.25, 0.3) is 10.8 Å². The van der Waals surface area contributed by atoms with Crippen LogP contribution in [0.15, 0.2) is 121 Å². The van der Waals surface area contributed by atoms with E-state index in [0.717, 1.165) is 39.8 Å². The molecule has 0 N–H and O–H groups in total. The van der Waals surface area contributed by atoms with E-state index in [-0.39, 0.29) is 17.5 Å². The van der Waals surface area contributed by atoms with E-state index in [9.17, 15) is 0 Å². The molecule has 0 saturated carbocycles. The monoisotopic (exact) mass is 599 g/mol. The molecule has 6 aromatic rings. The first-order valence-electron chi connectivity index (χ1n) is 16.2. The van der Waals surface area contributed by atoms with Crippen molar-refractivity contribution in [3.05, 3.63) is 132 Å². The molecule has 226 valence electrons. The predicted molar refractivity (Wildman–Crippen MR) is 194 cm³/mol. The smallest absolute Gasteiger partial charge is 0.260 e. The third-order valence-corrected chi connectivity index (χ3v) is 9.46. The average Bonchev–Trinajstić information content (AvgIpc) is 3.04. The van der Waals surface area contributed by atoms with Crippen molar-refractivity contribution < 1.29 is 9.47 Å². The van der Waals surface area contributed by atoms with Gasteiger partial charge >= 0.3 is 0 Å². The molecule has 2 aliphatic rings. The number of fused-ring (bicyclic) bond motifs is 5. The summed E-state index contributed by atoms with van der Waals surface area (Å²) in [5, 5.41) is 2.41. The fourth-order valence-corrected chi connectivity index (χ4v) is 7.13. The average molecular weight is 600 g/mol. The highest BCUT2D eigenvalue weighted by Crippen LogP contribution is 2.48. The van der Waals surface area contributed by atoms with E-state index >= 15 is 0 Å². The van der Waals surface area contributed by atoms with Crippen molar-refractivity contribution in [2.75, 3.05) is 4.90 Å². The second kappa shape index (κ2) is 10.3. The first-order chi connectivity index (χ1) is 22.1. The maximum atomic E-state index is 6.74. The van der Waals surface area contributed by atoms with Gasteiger partial charge in [-0.2, -0.15) is 0 Å². The summed E-state index contributed by atoms with van der Waals surface area (Å²) in [5.41, 5.74) is 9.18. The van der Waals surface area contributed by atoms with Crippen molar-refractivity contribution in [2.45, 2.75) is 52.4 Å². The largest absolute Gasteiger partial charge is 0.458 e. The number of ether oxygens (including phenoxy) is 2. The molecule has 2 aliphatic heterocycles. The summed E-state index contributed by atoms with van der Waals surface area (Å²) < 4.78 is 13.5. The molecule has 0 unspecified atom stereocenters. The molecule has 0 aromatic heterocycles. The van der Waals surface area contributed by atoms with Gasteiger partial charge in [-0.15, -0.1) is 0 Å². The molecule has 4 heteroatoms. The molecule has 0 aliphatic carbocycles. The van der Waals surface area contributed by atoms with Crippen LogP contribution in [-0.4, -0.2) is 6.71 Å². The number of anilines is 3. The lowest BCUT2D eigenvalue weighted by atomic mass is 9.35. The van der Waals surface area contributed by atoms with Crippen molar-refractivity contribution in [1.29, 1.82) is 0 Å². The van der Waals surface area contributed by atoms with Crippen LogP contribution >= 0.6 is 0 Å². The Hall–Kier alpha value is -4.96. The Kier molecular flexibility index (Phi) is 6.38. The van der Waals surface area contributed by atoms with Crippen LogP contribution in [0.5, 0.6) is 23.0 Å². The van der Waals surface area contributed by atoms with Crippen LogP contribution in [0.4, 0.5) is 17.1 Å². The van der Waals surface area contributed by atoms with Crippen LogP contribution < -0.4 is 30.8 Å². The normalized spacial score (nSPS) is 13.3. The maximum Gasteiger partial charge on any atom is 0.260 e. The Bertz CT molecular complexity index is 2070. The van der Waals surface area contributed by atoms with Crippen LogP contribution in [-0.2, 0) is 10.8 Å². The Morgan fingerprint density at radius 1 is 0.522 bits per heavy atom. The van der Waals surface area contributed by atoms with Gasteiger partial charge in [0.25, 0.3) is 6.71 Å². The maximum absolute atomic E-state index is 6.74. The molecule has 0 fully saturated rings. The van der Waals surface area contributed by atoms with E-state index in [1.165, 1.54) is 38.5 Å². The molecule has 8 rings (SSSR count). The highest BCUT2D eigenvalue weighted by Gasteiger charge is 2.41. The third-order valence-electron chi connectivity index (χ3n) is 9.46. The minimum atomic E-state index is -0.110. The van der Waals surface area contributed by atoms with Gasteiger partial charge in [0.2, 0.25) is 0 Å². The fraction of sp³-hybridized carbons (Fsp3) is 0.190. The standard InChI is InChI=1S/C42H38BNO2/c1-41(2,3)28-20-22-29(23-21-28)44(40-31-14-8-7-13-27(31)19-24-32(40)42(4,5)6)30-25-37-39-38(26-30)46-36-18-12-10-16-34(36)43(39)33-15-9-11-17-35(33)45-37/h7-26H,1-6H3. The summed E-state index contributed by atoms with van der Waals surface area (Å²) in [6.45, 7) is 13.7. The number of rotatable bonds is 3. The Morgan fingerprint density at radius 2 is 1.09 bits per heavy atom. The minimum Gasteiger partial charge on any atom is -0.458 e. The SMILES string of the molecule is CC(C)(C)c1ccc(N(c2cc3c4c(c2)Oc2ccccc2B4c2ccccc2O3)c2c(C(C)(C)C)ccc3ccccc23)cc1. The van der Waals surface area contributed by atoms with Crippen molar-refractivity contribution >= 4 is 50.9 Å². The molecular formula is C42H38BNO2. The molecule has 0 radical (unpaired) electrons. The Labute approximate surface area is 272 Å². The summed E-state index contributed by atoms with van der Waals surface area (Å²) in [6.07, 6.45) is 0. The van der Waals surface area contributed by atoms with Gasteiger partial charge in [-0.05, 0) is 62.5 Å². The van der Waals surface area contributed by atoms with Crippen LogP contribution in [0.2, 0.25) is 0 Å². The molecule has 6 aromatic carbocycles. The third kappa shape index (κ3) is 4.58. The summed E-state index contributed by atoms with van der Waals surface area (Å²) in [5.74, 6) is 3.45. The van der Waals surface area contributed by atoms with Gasteiger partial charge in [-0.3, -0.25) is 0 Å². The number of hydrogen-bond donors (Lipinski definition) is 0. The second-order valence-corrected chi connectivity index (χ2v) is 14.6. The highest BCUT2D eigenvalue weighted by molar-refractivity contribution is 6.98. The number of benzene rings is 6. The molecule has 0 amide bonds. The van der Waals surface area contributed by atoms with E-state index in [4.69, 9.17) is 9.47 Å². The van der Waals surface area contributed by atoms with Crippen LogP contribution in [0.1, 0.15) is 52.7 Å². The summed E-state index contributed by atoms with van der Waals surface area (Å²) in [6, 6.07) is 43.5. The topological polar surface area (TPSA) is 21.7 Å². The van der Waals surface area contributed by atoms with Gasteiger partial charge < -0.3 is 14.4 Å². The zero-order valence-electron chi connectivity index (χ0n) is 27.4. The second-order valence-electron chi connectivity index (χ2n) is 14.6. The first kappa shape index (κ1) is 28.5. The fourth-order valence-electron chi connectivity index (χ4n) is 7.13. The van der Waals surface area contributed by atoms with Crippen molar-refractivity contribution in [2.24, 2.45) is 0 Å². The number of nitrogens with zero attached hydrogens (tertiary/aromatic N) is 1. The van der Waals surface area contributed by atoms with Gasteiger partial charge in [-0.25, -0.2) is 0 Å². The highest BCUT2D eigenvalue weighted by atomic mass is 16.5. The van der Waals surface area contributed by atoms with E-state index in [1.807, 2.05) is 0 Å². The zero-order chi connectivity index (χ0) is 31.8. The summed E-state index contributed by atoms with van der Waals surface area (Å²) >= 11 is 0. The molecule has 0 bridgehead atoms. The van der Waals surface area contributed by atoms with Gasteiger partial charge in [0.15, 0.2) is 0 Å². The van der Waals surface area contributed by atoms with Crippen molar-refractivity contribution in [1.82, 2.24) is 0 Å². The van der Waals surface area contributed by atoms with Crippen LogP contribution in [0.3, 0.4) is 0 Å². The lowest BCUT2D eigenvalue weighted by Crippen LogP contribution is -2.57.